The van der Waals surface area contributed by atoms with Crippen LogP contribution in [-0.2, 0) is 11.3 Å². The zero-order valence-electron chi connectivity index (χ0n) is 15.6. The summed E-state index contributed by atoms with van der Waals surface area (Å²) < 4.78 is 13.6. The van der Waals surface area contributed by atoms with Crippen LogP contribution in [0.25, 0.3) is 0 Å². The summed E-state index contributed by atoms with van der Waals surface area (Å²) in [6.45, 7) is 9.42. The van der Waals surface area contributed by atoms with Crippen LogP contribution in [0, 0.1) is 19.7 Å². The largest absolute Gasteiger partial charge is 0.322 e. The van der Waals surface area contributed by atoms with E-state index in [9.17, 15) is 9.18 Å². The molecule has 138 valence electrons. The summed E-state index contributed by atoms with van der Waals surface area (Å²) in [6.07, 6.45) is 0. The quantitative estimate of drug-likeness (QED) is 0.711. The third kappa shape index (κ3) is 5.13. The minimum Gasteiger partial charge on any atom is -0.322 e. The lowest BCUT2D eigenvalue weighted by atomic mass is 10.1. The molecule has 5 heteroatoms. The molecular weight excluding hydrogens is 329 g/mol. The number of carbonyl (C=O) groups is 1. The number of carbonyl (C=O) groups excluding carboxylic acids is 1. The first-order valence-corrected chi connectivity index (χ1v) is 9.28. The lowest BCUT2D eigenvalue weighted by Gasteiger charge is -2.29. The average Bonchev–Trinajstić information content (AvgIpc) is 2.60. The number of piperazine rings is 1. The highest BCUT2D eigenvalue weighted by Gasteiger charge is 2.24. The molecule has 0 aromatic heterocycles. The molecule has 0 bridgehead atoms. The number of amides is 1. The minimum absolute atomic E-state index is 0.0506. The van der Waals surface area contributed by atoms with E-state index in [-0.39, 0.29) is 11.7 Å². The fraction of sp³-hybridized carbons (Fsp3) is 0.381. The van der Waals surface area contributed by atoms with Crippen LogP contribution in [0.5, 0.6) is 0 Å². The third-order valence-corrected chi connectivity index (χ3v) is 5.07. The second-order valence-corrected chi connectivity index (χ2v) is 7.35. The van der Waals surface area contributed by atoms with Gasteiger partial charge in [-0.2, -0.15) is 0 Å². The van der Waals surface area contributed by atoms with Crippen molar-refractivity contribution in [3.63, 3.8) is 0 Å². The monoisotopic (exact) mass is 357 g/mol. The molecule has 1 saturated heterocycles. The van der Waals surface area contributed by atoms with Crippen molar-refractivity contribution < 1.29 is 19.0 Å². The number of benzene rings is 2. The smallest absolute Gasteiger partial charge is 0.279 e. The normalized spacial score (nSPS) is 20.0. The Morgan fingerprint density at radius 1 is 1.04 bits per heavy atom. The van der Waals surface area contributed by atoms with Crippen molar-refractivity contribution in [3.05, 3.63) is 65.0 Å². The van der Waals surface area contributed by atoms with Crippen molar-refractivity contribution >= 4 is 11.6 Å². The summed E-state index contributed by atoms with van der Waals surface area (Å²) >= 11 is 0. The van der Waals surface area contributed by atoms with E-state index in [0.29, 0.717) is 17.8 Å². The van der Waals surface area contributed by atoms with Crippen LogP contribution >= 0.6 is 0 Å². The molecule has 1 aliphatic rings. The van der Waals surface area contributed by atoms with Gasteiger partial charge in [0.05, 0.1) is 0 Å². The Labute approximate surface area is 154 Å². The van der Waals surface area contributed by atoms with Crippen LogP contribution in [0.1, 0.15) is 16.7 Å². The Morgan fingerprint density at radius 3 is 2.46 bits per heavy atom. The molecule has 1 amide bonds. The van der Waals surface area contributed by atoms with Gasteiger partial charge in [-0.25, -0.2) is 4.39 Å². The first-order chi connectivity index (χ1) is 12.5. The molecule has 0 spiro atoms. The van der Waals surface area contributed by atoms with Crippen molar-refractivity contribution in [2.24, 2.45) is 0 Å². The Kier molecular flexibility index (Phi) is 6.01. The molecular formula is C21H28FN3O+2. The zero-order chi connectivity index (χ0) is 18.5. The molecule has 4 nitrogen and oxygen atoms in total. The topological polar surface area (TPSA) is 38.0 Å². The van der Waals surface area contributed by atoms with Crippen molar-refractivity contribution in [1.29, 1.82) is 0 Å². The molecule has 3 N–H and O–H groups in total. The number of hydrogen-bond donors (Lipinski definition) is 3. The summed E-state index contributed by atoms with van der Waals surface area (Å²) in [5, 5.41) is 2.81. The van der Waals surface area contributed by atoms with Gasteiger partial charge in [0, 0.05) is 11.3 Å². The molecule has 0 saturated carbocycles. The number of hydrogen-bond acceptors (Lipinski definition) is 1. The predicted molar refractivity (Wildman–Crippen MR) is 101 cm³/mol. The third-order valence-electron chi connectivity index (χ3n) is 5.07. The standard InChI is InChI=1S/C21H26FN3O/c1-16-4-3-5-18(12-16)14-24-8-10-25(11-9-24)15-21(26)23-19-7-6-17(2)20(22)13-19/h3-7,12-13H,8-11,14-15H2,1-2H3,(H,23,26)/p+2. The Hall–Kier alpha value is -2.24. The molecule has 1 aliphatic heterocycles. The van der Waals surface area contributed by atoms with E-state index in [2.05, 4.69) is 36.5 Å². The lowest BCUT2D eigenvalue weighted by molar-refractivity contribution is -1.02. The second-order valence-electron chi connectivity index (χ2n) is 7.35. The van der Waals surface area contributed by atoms with E-state index < -0.39 is 0 Å². The van der Waals surface area contributed by atoms with E-state index in [1.54, 1.807) is 24.0 Å². The maximum atomic E-state index is 13.6. The Balaban J connectivity index is 1.44. The number of aryl methyl sites for hydroxylation is 2. The SMILES string of the molecule is Cc1cccc(C[NH+]2CC[NH+](CC(=O)Nc3ccc(C)c(F)c3)CC2)c1. The van der Waals surface area contributed by atoms with Crippen LogP contribution in [0.3, 0.4) is 0 Å². The van der Waals surface area contributed by atoms with E-state index in [4.69, 9.17) is 0 Å². The zero-order valence-corrected chi connectivity index (χ0v) is 15.6. The van der Waals surface area contributed by atoms with Gasteiger partial charge in [0.15, 0.2) is 6.54 Å². The summed E-state index contributed by atoms with van der Waals surface area (Å²) in [4.78, 5) is 15.1. The number of rotatable bonds is 5. The fourth-order valence-electron chi connectivity index (χ4n) is 3.52. The summed E-state index contributed by atoms with van der Waals surface area (Å²) in [5.41, 5.74) is 3.79. The fourth-order valence-corrected chi connectivity index (χ4v) is 3.52. The molecule has 0 aliphatic carbocycles. The van der Waals surface area contributed by atoms with E-state index in [1.165, 1.54) is 22.1 Å². The van der Waals surface area contributed by atoms with Crippen molar-refractivity contribution in [3.8, 4) is 0 Å². The van der Waals surface area contributed by atoms with Crippen LogP contribution < -0.4 is 15.1 Å². The summed E-state index contributed by atoms with van der Waals surface area (Å²) in [5.74, 6) is -0.339. The van der Waals surface area contributed by atoms with Gasteiger partial charge in [0.25, 0.3) is 5.91 Å². The Bertz CT molecular complexity index is 770. The van der Waals surface area contributed by atoms with Crippen molar-refractivity contribution in [2.75, 3.05) is 38.0 Å². The maximum Gasteiger partial charge on any atom is 0.279 e. The summed E-state index contributed by atoms with van der Waals surface area (Å²) in [7, 11) is 0. The van der Waals surface area contributed by atoms with E-state index in [1.807, 2.05) is 0 Å². The highest BCUT2D eigenvalue weighted by molar-refractivity contribution is 5.91. The van der Waals surface area contributed by atoms with Gasteiger partial charge < -0.3 is 15.1 Å². The molecule has 26 heavy (non-hydrogen) atoms. The molecule has 2 aromatic carbocycles. The highest BCUT2D eigenvalue weighted by Crippen LogP contribution is 2.13. The van der Waals surface area contributed by atoms with Gasteiger partial charge in [-0.05, 0) is 31.5 Å². The molecule has 2 aromatic rings. The number of quaternary nitrogens is 2. The van der Waals surface area contributed by atoms with E-state index >= 15 is 0 Å². The Morgan fingerprint density at radius 2 is 1.77 bits per heavy atom. The first-order valence-electron chi connectivity index (χ1n) is 9.28. The molecule has 0 radical (unpaired) electrons. The van der Waals surface area contributed by atoms with Crippen LogP contribution in [0.4, 0.5) is 10.1 Å². The predicted octanol–water partition coefficient (Wildman–Crippen LogP) is 0.365. The second kappa shape index (κ2) is 8.43. The average molecular weight is 357 g/mol. The highest BCUT2D eigenvalue weighted by atomic mass is 19.1. The van der Waals surface area contributed by atoms with Gasteiger partial charge in [0.1, 0.15) is 38.5 Å². The molecule has 1 fully saturated rings. The molecule has 0 unspecified atom stereocenters. The molecule has 0 atom stereocenters. The van der Waals surface area contributed by atoms with Gasteiger partial charge in [0.2, 0.25) is 0 Å². The number of anilines is 1. The van der Waals surface area contributed by atoms with Crippen molar-refractivity contribution in [1.82, 2.24) is 0 Å². The number of nitrogens with one attached hydrogen (secondary N) is 3. The van der Waals surface area contributed by atoms with Crippen LogP contribution in [0.15, 0.2) is 42.5 Å². The van der Waals surface area contributed by atoms with Crippen molar-refractivity contribution in [2.45, 2.75) is 20.4 Å². The van der Waals surface area contributed by atoms with Gasteiger partial charge in [-0.15, -0.1) is 0 Å². The van der Waals surface area contributed by atoms with Gasteiger partial charge >= 0.3 is 0 Å². The summed E-state index contributed by atoms with van der Waals surface area (Å²) in [6, 6.07) is 13.5. The minimum atomic E-state index is -0.288. The van der Waals surface area contributed by atoms with E-state index in [0.717, 1.165) is 32.7 Å². The van der Waals surface area contributed by atoms with Crippen LogP contribution in [-0.4, -0.2) is 38.6 Å². The number of halogens is 1. The molecule has 3 rings (SSSR count). The van der Waals surface area contributed by atoms with Crippen LogP contribution in [0.2, 0.25) is 0 Å². The van der Waals surface area contributed by atoms with Gasteiger partial charge in [-0.3, -0.25) is 4.79 Å². The lowest BCUT2D eigenvalue weighted by Crippen LogP contribution is -3.28. The maximum absolute atomic E-state index is 13.6. The first kappa shape index (κ1) is 18.5. The van der Waals surface area contributed by atoms with Gasteiger partial charge in [-0.1, -0.05) is 35.9 Å². The molecule has 1 heterocycles.